The molecule has 1 aromatic heterocycles. The van der Waals surface area contributed by atoms with Gasteiger partial charge in [-0.05, 0) is 37.1 Å². The number of hydrogen-bond donors (Lipinski definition) is 1. The van der Waals surface area contributed by atoms with E-state index in [2.05, 4.69) is 10.3 Å². The Morgan fingerprint density at radius 2 is 1.59 bits per heavy atom. The number of carbonyl (C=O) groups is 2. The standard InChI is InChI=1S/C23H26N4O2/c28-22(26-14-8-1-2-9-15-26)17-27-20-13-7-6-12-19(20)25-21(27)16-24-23(29)18-10-4-3-5-11-18/h3-7,10-13H,1-2,8-9,14-17H2,(H,24,29). The molecule has 3 aromatic rings. The molecule has 2 amide bonds. The van der Waals surface area contributed by atoms with Crippen molar-refractivity contribution in [2.45, 2.75) is 38.8 Å². The molecule has 0 saturated carbocycles. The van der Waals surface area contributed by atoms with Gasteiger partial charge in [-0.1, -0.05) is 43.2 Å². The van der Waals surface area contributed by atoms with Crippen LogP contribution in [0.4, 0.5) is 0 Å². The zero-order valence-electron chi connectivity index (χ0n) is 16.5. The summed E-state index contributed by atoms with van der Waals surface area (Å²) in [6.07, 6.45) is 4.51. The van der Waals surface area contributed by atoms with E-state index >= 15 is 0 Å². The lowest BCUT2D eigenvalue weighted by molar-refractivity contribution is -0.131. The van der Waals surface area contributed by atoms with E-state index in [4.69, 9.17) is 0 Å². The van der Waals surface area contributed by atoms with Gasteiger partial charge in [0.1, 0.15) is 12.4 Å². The van der Waals surface area contributed by atoms with E-state index in [0.29, 0.717) is 11.4 Å². The van der Waals surface area contributed by atoms with E-state index in [1.807, 2.05) is 51.9 Å². The van der Waals surface area contributed by atoms with Crippen molar-refractivity contribution in [2.75, 3.05) is 13.1 Å². The molecule has 0 aliphatic carbocycles. The Labute approximate surface area is 170 Å². The van der Waals surface area contributed by atoms with Crippen molar-refractivity contribution in [3.05, 3.63) is 66.0 Å². The molecule has 1 N–H and O–H groups in total. The summed E-state index contributed by atoms with van der Waals surface area (Å²) >= 11 is 0. The monoisotopic (exact) mass is 390 g/mol. The SMILES string of the molecule is O=C(NCc1nc2ccccc2n1CC(=O)N1CCCCCC1)c1ccccc1. The predicted molar refractivity (Wildman–Crippen MR) is 112 cm³/mol. The molecule has 0 bridgehead atoms. The van der Waals surface area contributed by atoms with E-state index in [9.17, 15) is 9.59 Å². The molecule has 6 heteroatoms. The molecule has 150 valence electrons. The zero-order chi connectivity index (χ0) is 20.1. The number of hydrogen-bond acceptors (Lipinski definition) is 3. The average molecular weight is 390 g/mol. The first-order valence-electron chi connectivity index (χ1n) is 10.3. The maximum atomic E-state index is 13.0. The molecule has 2 aromatic carbocycles. The second-order valence-corrected chi connectivity index (χ2v) is 7.45. The van der Waals surface area contributed by atoms with Gasteiger partial charge in [-0.25, -0.2) is 4.98 Å². The van der Waals surface area contributed by atoms with E-state index in [1.54, 1.807) is 12.1 Å². The lowest BCUT2D eigenvalue weighted by atomic mass is 10.2. The Kier molecular flexibility index (Phi) is 5.89. The van der Waals surface area contributed by atoms with Crippen LogP contribution in [0.5, 0.6) is 0 Å². The number of fused-ring (bicyclic) bond motifs is 1. The summed E-state index contributed by atoms with van der Waals surface area (Å²) in [7, 11) is 0. The third-order valence-corrected chi connectivity index (χ3v) is 5.43. The summed E-state index contributed by atoms with van der Waals surface area (Å²) in [6.45, 7) is 2.17. The van der Waals surface area contributed by atoms with Crippen molar-refractivity contribution < 1.29 is 9.59 Å². The Hall–Kier alpha value is -3.15. The molecular weight excluding hydrogens is 364 g/mol. The van der Waals surface area contributed by atoms with Crippen molar-refractivity contribution in [1.29, 1.82) is 0 Å². The lowest BCUT2D eigenvalue weighted by Crippen LogP contribution is -2.35. The van der Waals surface area contributed by atoms with Crippen molar-refractivity contribution in [3.63, 3.8) is 0 Å². The van der Waals surface area contributed by atoms with Gasteiger partial charge in [-0.2, -0.15) is 0 Å². The highest BCUT2D eigenvalue weighted by atomic mass is 16.2. The van der Waals surface area contributed by atoms with Crippen molar-refractivity contribution in [3.8, 4) is 0 Å². The van der Waals surface area contributed by atoms with Crippen LogP contribution in [0.1, 0.15) is 41.9 Å². The number of likely N-dealkylation sites (tertiary alicyclic amines) is 1. The minimum Gasteiger partial charge on any atom is -0.345 e. The summed E-state index contributed by atoms with van der Waals surface area (Å²) < 4.78 is 1.94. The summed E-state index contributed by atoms with van der Waals surface area (Å²) in [6, 6.07) is 16.9. The highest BCUT2D eigenvalue weighted by Gasteiger charge is 2.19. The number of aromatic nitrogens is 2. The number of amides is 2. The van der Waals surface area contributed by atoms with Crippen molar-refractivity contribution in [2.24, 2.45) is 0 Å². The highest BCUT2D eigenvalue weighted by molar-refractivity contribution is 5.94. The number of carbonyl (C=O) groups excluding carboxylic acids is 2. The molecule has 4 rings (SSSR count). The van der Waals surface area contributed by atoms with Crippen LogP contribution in [-0.4, -0.2) is 39.4 Å². The molecule has 1 saturated heterocycles. The Balaban J connectivity index is 1.54. The maximum absolute atomic E-state index is 13.0. The third-order valence-electron chi connectivity index (χ3n) is 5.43. The first-order chi connectivity index (χ1) is 14.2. The quantitative estimate of drug-likeness (QED) is 0.726. The maximum Gasteiger partial charge on any atom is 0.251 e. The normalized spacial score (nSPS) is 14.6. The van der Waals surface area contributed by atoms with Gasteiger partial charge in [0.05, 0.1) is 17.6 Å². The molecule has 0 spiro atoms. The van der Waals surface area contributed by atoms with Crippen molar-refractivity contribution >= 4 is 22.8 Å². The van der Waals surface area contributed by atoms with Crippen LogP contribution in [0.25, 0.3) is 11.0 Å². The van der Waals surface area contributed by atoms with Crippen LogP contribution >= 0.6 is 0 Å². The Morgan fingerprint density at radius 1 is 0.897 bits per heavy atom. The van der Waals surface area contributed by atoms with Gasteiger partial charge >= 0.3 is 0 Å². The van der Waals surface area contributed by atoms with E-state index in [-0.39, 0.29) is 24.9 Å². The van der Waals surface area contributed by atoms with Crippen LogP contribution in [0, 0.1) is 0 Å². The van der Waals surface area contributed by atoms with E-state index in [0.717, 1.165) is 37.0 Å². The van der Waals surface area contributed by atoms with Gasteiger partial charge < -0.3 is 14.8 Å². The molecule has 0 atom stereocenters. The van der Waals surface area contributed by atoms with E-state index in [1.165, 1.54) is 12.8 Å². The van der Waals surface area contributed by atoms with Gasteiger partial charge in [-0.15, -0.1) is 0 Å². The first kappa shape index (κ1) is 19.2. The molecule has 0 unspecified atom stereocenters. The predicted octanol–water partition coefficient (Wildman–Crippen LogP) is 3.37. The van der Waals surface area contributed by atoms with Gasteiger partial charge in [0.15, 0.2) is 0 Å². The number of nitrogens with one attached hydrogen (secondary N) is 1. The number of benzene rings is 2. The fourth-order valence-electron chi connectivity index (χ4n) is 3.84. The number of imidazole rings is 1. The fraction of sp³-hybridized carbons (Fsp3) is 0.348. The van der Waals surface area contributed by atoms with Crippen LogP contribution in [0.15, 0.2) is 54.6 Å². The van der Waals surface area contributed by atoms with Crippen LogP contribution in [0.3, 0.4) is 0 Å². The number of para-hydroxylation sites is 2. The van der Waals surface area contributed by atoms with Crippen molar-refractivity contribution in [1.82, 2.24) is 19.8 Å². The molecule has 1 aliphatic heterocycles. The smallest absolute Gasteiger partial charge is 0.251 e. The summed E-state index contributed by atoms with van der Waals surface area (Å²) in [4.78, 5) is 32.0. The number of nitrogens with zero attached hydrogens (tertiary/aromatic N) is 3. The topological polar surface area (TPSA) is 67.2 Å². The minimum absolute atomic E-state index is 0.116. The highest BCUT2D eigenvalue weighted by Crippen LogP contribution is 2.18. The molecule has 2 heterocycles. The van der Waals surface area contributed by atoms with Gasteiger partial charge in [0, 0.05) is 18.7 Å². The van der Waals surface area contributed by atoms with Gasteiger partial charge in [0.25, 0.3) is 5.91 Å². The summed E-state index contributed by atoms with van der Waals surface area (Å²) in [5.41, 5.74) is 2.36. The van der Waals surface area contributed by atoms with Gasteiger partial charge in [0.2, 0.25) is 5.91 Å². The molecule has 1 aliphatic rings. The summed E-state index contributed by atoms with van der Waals surface area (Å²) in [5.74, 6) is 0.660. The Morgan fingerprint density at radius 3 is 2.34 bits per heavy atom. The van der Waals surface area contributed by atoms with Gasteiger partial charge in [-0.3, -0.25) is 9.59 Å². The van der Waals surface area contributed by atoms with Crippen LogP contribution in [-0.2, 0) is 17.9 Å². The molecule has 0 radical (unpaired) electrons. The van der Waals surface area contributed by atoms with Crippen LogP contribution in [0.2, 0.25) is 0 Å². The fourth-order valence-corrected chi connectivity index (χ4v) is 3.84. The largest absolute Gasteiger partial charge is 0.345 e. The minimum atomic E-state index is -0.150. The second kappa shape index (κ2) is 8.90. The zero-order valence-corrected chi connectivity index (χ0v) is 16.5. The average Bonchev–Trinajstić information content (AvgIpc) is 2.92. The first-order valence-corrected chi connectivity index (χ1v) is 10.3. The summed E-state index contributed by atoms with van der Waals surface area (Å²) in [5, 5.41) is 2.93. The molecule has 29 heavy (non-hydrogen) atoms. The number of rotatable bonds is 5. The van der Waals surface area contributed by atoms with Crippen LogP contribution < -0.4 is 5.32 Å². The lowest BCUT2D eigenvalue weighted by Gasteiger charge is -2.21. The molecular formula is C23H26N4O2. The molecule has 6 nitrogen and oxygen atoms in total. The molecule has 1 fully saturated rings. The third kappa shape index (κ3) is 4.47. The van der Waals surface area contributed by atoms with E-state index < -0.39 is 0 Å². The second-order valence-electron chi connectivity index (χ2n) is 7.45. The Bertz CT molecular complexity index is 989.